The van der Waals surface area contributed by atoms with Gasteiger partial charge in [-0.25, -0.2) is 12.8 Å². The van der Waals surface area contributed by atoms with Crippen LogP contribution in [0.15, 0.2) is 33.6 Å². The van der Waals surface area contributed by atoms with Crippen molar-refractivity contribution in [2.45, 2.75) is 61.8 Å². The molecule has 2 heterocycles. The second kappa shape index (κ2) is 8.19. The Morgan fingerprint density at radius 2 is 1.79 bits per heavy atom. The Hall–Kier alpha value is -2.33. The van der Waals surface area contributed by atoms with Gasteiger partial charge in [-0.3, -0.25) is 10.1 Å². The first-order chi connectivity index (χ1) is 13.9. The SMILES string of the molecule is O=C(Nc1nnc(C2CCCCC2)o1)[C@H]1CCCN1S(=O)(=O)c1ccc(F)cc1. The summed E-state index contributed by atoms with van der Waals surface area (Å²) in [4.78, 5) is 12.7. The molecular formula is C19H23FN4O4S. The van der Waals surface area contributed by atoms with Crippen molar-refractivity contribution in [3.8, 4) is 0 Å². The average Bonchev–Trinajstić information content (AvgIpc) is 3.39. The predicted molar refractivity (Wildman–Crippen MR) is 102 cm³/mol. The van der Waals surface area contributed by atoms with Crippen LogP contribution in [0, 0.1) is 5.82 Å². The zero-order chi connectivity index (χ0) is 20.4. The van der Waals surface area contributed by atoms with Crippen molar-refractivity contribution in [1.82, 2.24) is 14.5 Å². The van der Waals surface area contributed by atoms with E-state index in [1.165, 1.54) is 18.6 Å². The third-order valence-corrected chi connectivity index (χ3v) is 7.47. The van der Waals surface area contributed by atoms with Crippen LogP contribution in [-0.2, 0) is 14.8 Å². The van der Waals surface area contributed by atoms with E-state index in [1.54, 1.807) is 0 Å². The fourth-order valence-electron chi connectivity index (χ4n) is 4.02. The lowest BCUT2D eigenvalue weighted by molar-refractivity contribution is -0.119. The third kappa shape index (κ3) is 4.18. The topological polar surface area (TPSA) is 105 Å². The summed E-state index contributed by atoms with van der Waals surface area (Å²) in [6.45, 7) is 0.217. The van der Waals surface area contributed by atoms with Gasteiger partial charge in [-0.2, -0.15) is 4.31 Å². The van der Waals surface area contributed by atoms with Crippen molar-refractivity contribution in [2.24, 2.45) is 0 Å². The Balaban J connectivity index is 1.46. The molecule has 1 aliphatic heterocycles. The van der Waals surface area contributed by atoms with Gasteiger partial charge in [-0.1, -0.05) is 24.4 Å². The first-order valence-electron chi connectivity index (χ1n) is 9.87. The maximum Gasteiger partial charge on any atom is 0.322 e. The molecule has 2 aliphatic rings. The van der Waals surface area contributed by atoms with Gasteiger partial charge in [0.05, 0.1) is 4.90 Å². The molecule has 156 valence electrons. The van der Waals surface area contributed by atoms with Gasteiger partial charge >= 0.3 is 6.01 Å². The van der Waals surface area contributed by atoms with E-state index in [1.807, 2.05) is 0 Å². The number of aromatic nitrogens is 2. The second-order valence-electron chi connectivity index (χ2n) is 7.50. The smallest absolute Gasteiger partial charge is 0.322 e. The number of anilines is 1. The van der Waals surface area contributed by atoms with Crippen molar-refractivity contribution in [1.29, 1.82) is 0 Å². The van der Waals surface area contributed by atoms with Crippen molar-refractivity contribution in [3.63, 3.8) is 0 Å². The van der Waals surface area contributed by atoms with Gasteiger partial charge in [0.15, 0.2) is 0 Å². The van der Waals surface area contributed by atoms with Crippen molar-refractivity contribution in [2.75, 3.05) is 11.9 Å². The molecule has 0 unspecified atom stereocenters. The zero-order valence-corrected chi connectivity index (χ0v) is 16.7. The summed E-state index contributed by atoms with van der Waals surface area (Å²) in [7, 11) is -3.91. The molecule has 8 nitrogen and oxygen atoms in total. The monoisotopic (exact) mass is 422 g/mol. The van der Waals surface area contributed by atoms with E-state index in [-0.39, 0.29) is 23.4 Å². The number of rotatable bonds is 5. The fraction of sp³-hybridized carbons (Fsp3) is 0.526. The molecule has 2 fully saturated rings. The number of halogens is 1. The van der Waals surface area contributed by atoms with Crippen LogP contribution in [0.3, 0.4) is 0 Å². The number of hydrogen-bond acceptors (Lipinski definition) is 6. The number of nitrogens with zero attached hydrogens (tertiary/aromatic N) is 3. The maximum atomic E-state index is 13.1. The van der Waals surface area contributed by atoms with E-state index in [2.05, 4.69) is 15.5 Å². The first-order valence-corrected chi connectivity index (χ1v) is 11.3. The largest absolute Gasteiger partial charge is 0.408 e. The minimum absolute atomic E-state index is 0.0124. The molecule has 1 amide bonds. The fourth-order valence-corrected chi connectivity index (χ4v) is 5.68. The molecule has 0 radical (unpaired) electrons. The Bertz CT molecular complexity index is 970. The number of hydrogen-bond donors (Lipinski definition) is 1. The molecule has 1 saturated heterocycles. The molecule has 2 aromatic rings. The number of carbonyl (C=O) groups excluding carboxylic acids is 1. The molecule has 0 bridgehead atoms. The van der Waals surface area contributed by atoms with E-state index in [0.717, 1.165) is 42.1 Å². The Morgan fingerprint density at radius 1 is 1.07 bits per heavy atom. The number of nitrogens with one attached hydrogen (secondary N) is 1. The van der Waals surface area contributed by atoms with Gasteiger partial charge in [0.2, 0.25) is 21.8 Å². The van der Waals surface area contributed by atoms with E-state index in [9.17, 15) is 17.6 Å². The van der Waals surface area contributed by atoms with Crippen LogP contribution in [0.2, 0.25) is 0 Å². The normalized spacial score (nSPS) is 21.3. The first kappa shape index (κ1) is 20.0. The van der Waals surface area contributed by atoms with Gasteiger partial charge in [-0.15, -0.1) is 5.10 Å². The van der Waals surface area contributed by atoms with E-state index in [0.29, 0.717) is 18.7 Å². The average molecular weight is 422 g/mol. The number of amides is 1. The molecule has 1 aromatic carbocycles. The molecule has 10 heteroatoms. The Morgan fingerprint density at radius 3 is 2.52 bits per heavy atom. The van der Waals surface area contributed by atoms with Crippen molar-refractivity contribution >= 4 is 21.9 Å². The van der Waals surface area contributed by atoms with E-state index < -0.39 is 27.8 Å². The molecule has 29 heavy (non-hydrogen) atoms. The summed E-state index contributed by atoms with van der Waals surface area (Å²) in [5, 5.41) is 10.5. The molecule has 1 atom stereocenters. The summed E-state index contributed by atoms with van der Waals surface area (Å²) in [5.74, 6) is -0.303. The van der Waals surface area contributed by atoms with Gasteiger partial charge in [-0.05, 0) is 49.9 Å². The highest BCUT2D eigenvalue weighted by molar-refractivity contribution is 7.89. The zero-order valence-electron chi connectivity index (χ0n) is 15.9. The van der Waals surface area contributed by atoms with Crippen LogP contribution in [-0.4, -0.2) is 41.4 Å². The molecular weight excluding hydrogens is 399 g/mol. The molecule has 1 N–H and O–H groups in total. The lowest BCUT2D eigenvalue weighted by atomic mass is 9.89. The molecule has 1 aromatic heterocycles. The minimum atomic E-state index is -3.91. The second-order valence-corrected chi connectivity index (χ2v) is 9.39. The van der Waals surface area contributed by atoms with Gasteiger partial charge < -0.3 is 4.42 Å². The van der Waals surface area contributed by atoms with Crippen LogP contribution in [0.4, 0.5) is 10.4 Å². The number of carbonyl (C=O) groups is 1. The quantitative estimate of drug-likeness (QED) is 0.794. The number of sulfonamides is 1. The summed E-state index contributed by atoms with van der Waals surface area (Å²) in [6, 6.07) is 3.68. The summed E-state index contributed by atoms with van der Waals surface area (Å²) >= 11 is 0. The van der Waals surface area contributed by atoms with Gasteiger partial charge in [0, 0.05) is 12.5 Å². The van der Waals surface area contributed by atoms with Crippen molar-refractivity contribution in [3.05, 3.63) is 36.0 Å². The predicted octanol–water partition coefficient (Wildman–Crippen LogP) is 3.05. The third-order valence-electron chi connectivity index (χ3n) is 5.55. The van der Waals surface area contributed by atoms with Crippen molar-refractivity contribution < 1.29 is 22.0 Å². The highest BCUT2D eigenvalue weighted by atomic mass is 32.2. The Labute approximate surface area is 168 Å². The molecule has 1 saturated carbocycles. The standard InChI is InChI=1S/C19H23FN4O4S/c20-14-8-10-15(11-9-14)29(26,27)24-12-4-7-16(24)17(25)21-19-23-22-18(28-19)13-5-2-1-3-6-13/h8-11,13,16H,1-7,12H2,(H,21,23,25)/t16-/m1/s1. The summed E-state index contributed by atoms with van der Waals surface area (Å²) in [6.07, 6.45) is 6.35. The highest BCUT2D eigenvalue weighted by Gasteiger charge is 2.40. The minimum Gasteiger partial charge on any atom is -0.408 e. The molecule has 1 aliphatic carbocycles. The van der Waals surface area contributed by atoms with E-state index in [4.69, 9.17) is 4.42 Å². The van der Waals surface area contributed by atoms with Crippen LogP contribution >= 0.6 is 0 Å². The van der Waals surface area contributed by atoms with Gasteiger partial charge in [0.25, 0.3) is 0 Å². The van der Waals surface area contributed by atoms with Crippen LogP contribution < -0.4 is 5.32 Å². The van der Waals surface area contributed by atoms with Crippen LogP contribution in [0.5, 0.6) is 0 Å². The lowest BCUT2D eigenvalue weighted by Crippen LogP contribution is -2.43. The number of benzene rings is 1. The molecule has 4 rings (SSSR count). The van der Waals surface area contributed by atoms with E-state index >= 15 is 0 Å². The van der Waals surface area contributed by atoms with Crippen LogP contribution in [0.25, 0.3) is 0 Å². The summed E-state index contributed by atoms with van der Waals surface area (Å²) < 4.78 is 45.7. The Kier molecular flexibility index (Phi) is 5.64. The highest BCUT2D eigenvalue weighted by Crippen LogP contribution is 2.32. The van der Waals surface area contributed by atoms with Gasteiger partial charge in [0.1, 0.15) is 11.9 Å². The maximum absolute atomic E-state index is 13.1. The lowest BCUT2D eigenvalue weighted by Gasteiger charge is -2.22. The summed E-state index contributed by atoms with van der Waals surface area (Å²) in [5.41, 5.74) is 0. The van der Waals surface area contributed by atoms with Crippen LogP contribution in [0.1, 0.15) is 56.8 Å². The molecule has 0 spiro atoms.